The van der Waals surface area contributed by atoms with E-state index >= 15 is 0 Å². The molecule has 372 valence electrons. The molecule has 16 N–H and O–H groups in total. The van der Waals surface area contributed by atoms with E-state index in [2.05, 4.69) is 0 Å². The molecule has 28 atom stereocenters. The molecule has 0 aliphatic carbocycles. The van der Waals surface area contributed by atoms with Gasteiger partial charge in [-0.1, -0.05) is 0 Å². The van der Waals surface area contributed by atoms with Crippen molar-refractivity contribution in [3.63, 3.8) is 0 Å². The highest BCUT2D eigenvalue weighted by molar-refractivity contribution is 4.95. The minimum Gasteiger partial charge on any atom is -0.394 e. The molecule has 7 aliphatic heterocycles. The number of ether oxygens (including phenoxy) is 13. The summed E-state index contributed by atoms with van der Waals surface area (Å²) in [5.41, 5.74) is 0. The van der Waals surface area contributed by atoms with Gasteiger partial charge in [-0.2, -0.15) is 0 Å². The van der Waals surface area contributed by atoms with Gasteiger partial charge in [-0.3, -0.25) is 0 Å². The van der Waals surface area contributed by atoms with Crippen molar-refractivity contribution in [3.8, 4) is 0 Å². The van der Waals surface area contributed by atoms with Gasteiger partial charge in [-0.15, -0.1) is 0 Å². The molecule has 7 saturated heterocycles. The zero-order valence-corrected chi connectivity index (χ0v) is 33.6. The maximum absolute atomic E-state index is 10.9. The maximum atomic E-state index is 10.9. The summed E-state index contributed by atoms with van der Waals surface area (Å²) in [5.74, 6) is 0. The van der Waals surface area contributed by atoms with E-state index in [1.807, 2.05) is 0 Å². The van der Waals surface area contributed by atoms with Gasteiger partial charge in [-0.05, 0) is 0 Å². The molecule has 7 rings (SSSR count). The van der Waals surface area contributed by atoms with Crippen LogP contribution < -0.4 is 0 Å². The van der Waals surface area contributed by atoms with Crippen LogP contribution in [0.3, 0.4) is 0 Å². The molecule has 29 nitrogen and oxygen atoms in total. The Balaban J connectivity index is 0.839. The molecule has 0 aromatic rings. The maximum Gasteiger partial charge on any atom is 0.187 e. The second-order valence-electron chi connectivity index (χ2n) is 16.4. The van der Waals surface area contributed by atoms with Gasteiger partial charge in [0.05, 0.1) is 46.2 Å². The smallest absolute Gasteiger partial charge is 0.187 e. The molecule has 0 amide bonds. The molecule has 7 heterocycles. The summed E-state index contributed by atoms with van der Waals surface area (Å²) in [5, 5.41) is 167. The summed E-state index contributed by atoms with van der Waals surface area (Å²) in [4.78, 5) is 0. The fraction of sp³-hybridized carbons (Fsp3) is 1.00. The van der Waals surface area contributed by atoms with Crippen molar-refractivity contribution < 1.29 is 143 Å². The third kappa shape index (κ3) is 10.7. The quantitative estimate of drug-likeness (QED) is 0.0815. The predicted molar refractivity (Wildman–Crippen MR) is 190 cm³/mol. The molecule has 64 heavy (non-hydrogen) atoms. The molecule has 0 aromatic carbocycles. The lowest BCUT2D eigenvalue weighted by molar-refractivity contribution is -0.366. The SMILES string of the molecule is OC[C@@H]1O[C@@H](O[C@@H]2C(O)[C@H](O[C@@H]3CO[C@H](O[C@@H]4CO[C@H](O[C@@H]5CO[C@H](O[C@@H]6CO[C@@H](O[C@@H]7CO[C@@H](O)C(O)[C@H]7O)C(O)[C@H]6O)C(O)[C@H]5O)C(O)[C@H]4O)C(O)[C@H]3O)OC[C@H]2O)C(O)[C@@H]1O. The summed E-state index contributed by atoms with van der Waals surface area (Å²) >= 11 is 0. The van der Waals surface area contributed by atoms with Gasteiger partial charge in [-0.25, -0.2) is 0 Å². The van der Waals surface area contributed by atoms with Crippen molar-refractivity contribution in [2.75, 3.05) is 46.2 Å². The molecule has 29 heteroatoms. The average molecular weight is 943 g/mol. The van der Waals surface area contributed by atoms with E-state index in [1.165, 1.54) is 0 Å². The molecule has 0 spiro atoms. The Morgan fingerprint density at radius 2 is 0.625 bits per heavy atom. The van der Waals surface area contributed by atoms with Gasteiger partial charge in [0.2, 0.25) is 0 Å². The first-order valence-corrected chi connectivity index (χ1v) is 20.5. The Kier molecular flexibility index (Phi) is 17.1. The van der Waals surface area contributed by atoms with Crippen LogP contribution in [-0.4, -0.2) is 300 Å². The highest BCUT2D eigenvalue weighted by Gasteiger charge is 2.53. The van der Waals surface area contributed by atoms with E-state index in [1.54, 1.807) is 0 Å². The van der Waals surface area contributed by atoms with E-state index in [0.717, 1.165) is 0 Å². The summed E-state index contributed by atoms with van der Waals surface area (Å²) < 4.78 is 70.8. The van der Waals surface area contributed by atoms with Crippen molar-refractivity contribution >= 4 is 0 Å². The van der Waals surface area contributed by atoms with Gasteiger partial charge in [0.25, 0.3) is 0 Å². The molecule has 7 unspecified atom stereocenters. The second-order valence-corrected chi connectivity index (χ2v) is 16.4. The van der Waals surface area contributed by atoms with Gasteiger partial charge < -0.3 is 143 Å². The third-order valence-corrected chi connectivity index (χ3v) is 12.0. The van der Waals surface area contributed by atoms with Crippen LogP contribution >= 0.6 is 0 Å². The summed E-state index contributed by atoms with van der Waals surface area (Å²) in [6.45, 7) is -3.45. The number of hydrogen-bond acceptors (Lipinski definition) is 29. The van der Waals surface area contributed by atoms with Crippen LogP contribution in [-0.2, 0) is 61.6 Å². The second kappa shape index (κ2) is 21.6. The van der Waals surface area contributed by atoms with Crippen LogP contribution in [0.15, 0.2) is 0 Å². The van der Waals surface area contributed by atoms with Crippen molar-refractivity contribution in [2.24, 2.45) is 0 Å². The summed E-state index contributed by atoms with van der Waals surface area (Å²) in [7, 11) is 0. The fourth-order valence-electron chi connectivity index (χ4n) is 7.98. The van der Waals surface area contributed by atoms with Crippen LogP contribution in [0.5, 0.6) is 0 Å². The number of aliphatic hydroxyl groups is 16. The van der Waals surface area contributed by atoms with Crippen LogP contribution in [0.25, 0.3) is 0 Å². The molecule has 0 bridgehead atoms. The topological polar surface area (TPSA) is 444 Å². The zero-order chi connectivity index (χ0) is 46.3. The van der Waals surface area contributed by atoms with Crippen LogP contribution in [0.2, 0.25) is 0 Å². The first kappa shape index (κ1) is 50.7. The van der Waals surface area contributed by atoms with Crippen LogP contribution in [0, 0.1) is 0 Å². The lowest BCUT2D eigenvalue weighted by atomic mass is 10.0. The van der Waals surface area contributed by atoms with E-state index in [-0.39, 0.29) is 6.61 Å². The Morgan fingerprint density at radius 1 is 0.312 bits per heavy atom. The Morgan fingerprint density at radius 3 is 0.984 bits per heavy atom. The van der Waals surface area contributed by atoms with Gasteiger partial charge in [0.1, 0.15) is 128 Å². The normalized spacial score (nSPS) is 54.2. The minimum absolute atomic E-state index is 0.378. The monoisotopic (exact) mass is 942 g/mol. The number of rotatable bonds is 13. The molecule has 7 aliphatic rings. The lowest BCUT2D eigenvalue weighted by Gasteiger charge is -2.45. The van der Waals surface area contributed by atoms with E-state index in [0.29, 0.717) is 0 Å². The highest BCUT2D eigenvalue weighted by Crippen LogP contribution is 2.33. The van der Waals surface area contributed by atoms with Gasteiger partial charge in [0, 0.05) is 0 Å². The number of hydrogen-bond donors (Lipinski definition) is 16. The average Bonchev–Trinajstić information content (AvgIpc) is 3.55. The Bertz CT molecular complexity index is 1460. The first-order chi connectivity index (χ1) is 30.4. The standard InChI is InChI=1S/C35H58O29/c36-1-9-15(38)26(49)35(58-9)64-28-8(37)2-53-34(27(28)50)63-14-7-57-33(25(48)20(14)43)62-13-6-56-32(24(47)19(13)42)61-12-5-55-31(23(46)18(12)41)60-11-4-54-30(22(45)17(11)40)59-10-3-52-29(51)21(44)16(10)39/h8-51H,1-7H2/t8-,9+,10-,11-,12-,13-,14-,15-,16+,17+,18+,19+,20+,21?,22?,23?,24?,25?,26?,27?,28+,29-,30+,31-,32-,33-,34+,35+/m1/s1. The van der Waals surface area contributed by atoms with Crippen molar-refractivity contribution in [1.29, 1.82) is 0 Å². The van der Waals surface area contributed by atoms with E-state index in [9.17, 15) is 81.7 Å². The molecular formula is C35H58O29. The number of aliphatic hydroxyl groups excluding tert-OH is 16. The van der Waals surface area contributed by atoms with Gasteiger partial charge >= 0.3 is 0 Å². The zero-order valence-electron chi connectivity index (χ0n) is 33.6. The van der Waals surface area contributed by atoms with Crippen molar-refractivity contribution in [2.45, 2.75) is 172 Å². The minimum atomic E-state index is -1.87. The highest BCUT2D eigenvalue weighted by atomic mass is 16.8. The molecule has 0 saturated carbocycles. The Hall–Kier alpha value is -1.16. The predicted octanol–water partition coefficient (Wildman–Crippen LogP) is -11.8. The third-order valence-electron chi connectivity index (χ3n) is 12.0. The molecule has 0 radical (unpaired) electrons. The lowest BCUT2D eigenvalue weighted by Crippen LogP contribution is -2.63. The van der Waals surface area contributed by atoms with Crippen molar-refractivity contribution in [3.05, 3.63) is 0 Å². The largest absolute Gasteiger partial charge is 0.394 e. The fourth-order valence-corrected chi connectivity index (χ4v) is 7.98. The molecule has 7 fully saturated rings. The summed E-state index contributed by atoms with van der Waals surface area (Å²) in [6, 6.07) is 0. The van der Waals surface area contributed by atoms with Crippen molar-refractivity contribution in [1.82, 2.24) is 0 Å². The van der Waals surface area contributed by atoms with E-state index < -0.39 is 212 Å². The summed E-state index contributed by atoms with van der Waals surface area (Å²) in [6.07, 6.45) is -44.9. The first-order valence-electron chi connectivity index (χ1n) is 20.5. The molecular weight excluding hydrogens is 884 g/mol. The van der Waals surface area contributed by atoms with Crippen LogP contribution in [0.1, 0.15) is 0 Å². The Labute approximate surface area is 361 Å². The molecule has 0 aromatic heterocycles. The van der Waals surface area contributed by atoms with Crippen LogP contribution in [0.4, 0.5) is 0 Å². The van der Waals surface area contributed by atoms with E-state index in [4.69, 9.17) is 61.6 Å². The van der Waals surface area contributed by atoms with Gasteiger partial charge in [0.15, 0.2) is 44.0 Å².